The highest BCUT2D eigenvalue weighted by molar-refractivity contribution is 5.73. The van der Waals surface area contributed by atoms with Gasteiger partial charge in [-0.15, -0.1) is 0 Å². The minimum Gasteiger partial charge on any atom is -0.480 e. The van der Waals surface area contributed by atoms with Crippen molar-refractivity contribution in [3.8, 4) is 0 Å². The van der Waals surface area contributed by atoms with Crippen LogP contribution in [0.15, 0.2) is 0 Å². The van der Waals surface area contributed by atoms with Gasteiger partial charge in [0.05, 0.1) is 0 Å². The number of carbonyl (C=O) groups is 1. The van der Waals surface area contributed by atoms with Gasteiger partial charge in [-0.2, -0.15) is 0 Å². The molecular weight excluding hydrogens is 194 g/mol. The molecule has 0 aromatic rings. The molecule has 1 unspecified atom stereocenters. The molecule has 0 bridgehead atoms. The summed E-state index contributed by atoms with van der Waals surface area (Å²) in [7, 11) is 0. The molecule has 1 aliphatic rings. The highest BCUT2D eigenvalue weighted by Gasteiger charge is 2.28. The van der Waals surface area contributed by atoms with Crippen molar-refractivity contribution < 1.29 is 14.6 Å². The zero-order valence-corrected chi connectivity index (χ0v) is 9.58. The number of hydrogen-bond acceptors (Lipinski definition) is 3. The molecule has 1 rings (SSSR count). The van der Waals surface area contributed by atoms with Crippen LogP contribution in [0, 0.1) is 5.41 Å². The largest absolute Gasteiger partial charge is 0.480 e. The SMILES string of the molecule is CCC(NCC1(C)CCOCC1)C(=O)O. The molecule has 0 aliphatic carbocycles. The fourth-order valence-electron chi connectivity index (χ4n) is 1.82. The highest BCUT2D eigenvalue weighted by Crippen LogP contribution is 2.28. The fourth-order valence-corrected chi connectivity index (χ4v) is 1.82. The zero-order chi connectivity index (χ0) is 11.3. The monoisotopic (exact) mass is 215 g/mol. The molecule has 4 nitrogen and oxygen atoms in total. The smallest absolute Gasteiger partial charge is 0.320 e. The summed E-state index contributed by atoms with van der Waals surface area (Å²) in [6.45, 7) is 6.43. The molecule has 0 radical (unpaired) electrons. The van der Waals surface area contributed by atoms with E-state index >= 15 is 0 Å². The summed E-state index contributed by atoms with van der Waals surface area (Å²) in [6.07, 6.45) is 2.65. The second-order valence-corrected chi connectivity index (χ2v) is 4.60. The molecule has 1 aliphatic heterocycles. The first-order valence-corrected chi connectivity index (χ1v) is 5.61. The Kier molecular flexibility index (Phi) is 4.54. The first-order chi connectivity index (χ1) is 7.07. The third kappa shape index (κ3) is 3.80. The van der Waals surface area contributed by atoms with Crippen LogP contribution in [0.4, 0.5) is 0 Å². The first-order valence-electron chi connectivity index (χ1n) is 5.61. The van der Waals surface area contributed by atoms with Crippen molar-refractivity contribution in [1.82, 2.24) is 5.32 Å². The van der Waals surface area contributed by atoms with Crippen LogP contribution in [0.1, 0.15) is 33.1 Å². The zero-order valence-electron chi connectivity index (χ0n) is 9.58. The van der Waals surface area contributed by atoms with Crippen LogP contribution in [-0.2, 0) is 9.53 Å². The van der Waals surface area contributed by atoms with Crippen molar-refractivity contribution in [1.29, 1.82) is 0 Å². The second-order valence-electron chi connectivity index (χ2n) is 4.60. The van der Waals surface area contributed by atoms with Gasteiger partial charge in [0.25, 0.3) is 0 Å². The Labute approximate surface area is 91.0 Å². The number of ether oxygens (including phenoxy) is 1. The summed E-state index contributed by atoms with van der Waals surface area (Å²) in [5, 5.41) is 12.0. The highest BCUT2D eigenvalue weighted by atomic mass is 16.5. The third-order valence-electron chi connectivity index (χ3n) is 3.18. The van der Waals surface area contributed by atoms with E-state index in [2.05, 4.69) is 12.2 Å². The number of nitrogens with one attached hydrogen (secondary N) is 1. The van der Waals surface area contributed by atoms with Gasteiger partial charge in [0.2, 0.25) is 0 Å². The Balaban J connectivity index is 2.36. The number of hydrogen-bond donors (Lipinski definition) is 2. The lowest BCUT2D eigenvalue weighted by Gasteiger charge is -2.34. The molecule has 0 amide bonds. The second kappa shape index (κ2) is 5.47. The van der Waals surface area contributed by atoms with E-state index in [-0.39, 0.29) is 5.41 Å². The van der Waals surface area contributed by atoms with E-state index in [9.17, 15) is 4.79 Å². The average molecular weight is 215 g/mol. The van der Waals surface area contributed by atoms with E-state index in [1.165, 1.54) is 0 Å². The maximum absolute atomic E-state index is 10.8. The van der Waals surface area contributed by atoms with Gasteiger partial charge in [0, 0.05) is 19.8 Å². The number of carboxylic acids is 1. The van der Waals surface area contributed by atoms with Crippen LogP contribution in [0.25, 0.3) is 0 Å². The maximum Gasteiger partial charge on any atom is 0.320 e. The van der Waals surface area contributed by atoms with E-state index in [1.54, 1.807) is 0 Å². The first kappa shape index (κ1) is 12.5. The van der Waals surface area contributed by atoms with Crippen molar-refractivity contribution in [3.05, 3.63) is 0 Å². The van der Waals surface area contributed by atoms with Gasteiger partial charge in [-0.05, 0) is 24.7 Å². The van der Waals surface area contributed by atoms with Crippen molar-refractivity contribution in [2.75, 3.05) is 19.8 Å². The molecule has 0 aromatic heterocycles. The predicted octanol–water partition coefficient (Wildman–Crippen LogP) is 1.26. The van der Waals surface area contributed by atoms with Crippen LogP contribution < -0.4 is 5.32 Å². The van der Waals surface area contributed by atoms with Crippen molar-refractivity contribution in [2.24, 2.45) is 5.41 Å². The van der Waals surface area contributed by atoms with Gasteiger partial charge in [-0.1, -0.05) is 13.8 Å². The molecule has 88 valence electrons. The van der Waals surface area contributed by atoms with Crippen LogP contribution in [0.3, 0.4) is 0 Å². The Morgan fingerprint density at radius 1 is 1.53 bits per heavy atom. The number of aliphatic carboxylic acids is 1. The molecule has 15 heavy (non-hydrogen) atoms. The third-order valence-corrected chi connectivity index (χ3v) is 3.18. The van der Waals surface area contributed by atoms with Gasteiger partial charge in [0.15, 0.2) is 0 Å². The van der Waals surface area contributed by atoms with E-state index in [0.717, 1.165) is 32.6 Å². The Morgan fingerprint density at radius 2 is 2.13 bits per heavy atom. The van der Waals surface area contributed by atoms with Crippen LogP contribution in [0.2, 0.25) is 0 Å². The summed E-state index contributed by atoms with van der Waals surface area (Å²) in [5.74, 6) is -0.756. The summed E-state index contributed by atoms with van der Waals surface area (Å²) in [4.78, 5) is 10.8. The molecule has 0 aromatic carbocycles. The standard InChI is InChI=1S/C11H21NO3/c1-3-9(10(13)14)12-8-11(2)4-6-15-7-5-11/h9,12H,3-8H2,1-2H3,(H,13,14). The lowest BCUT2D eigenvalue weighted by atomic mass is 9.82. The molecule has 2 N–H and O–H groups in total. The molecule has 1 atom stereocenters. The van der Waals surface area contributed by atoms with Crippen molar-refractivity contribution in [3.63, 3.8) is 0 Å². The topological polar surface area (TPSA) is 58.6 Å². The lowest BCUT2D eigenvalue weighted by molar-refractivity contribution is -0.139. The van der Waals surface area contributed by atoms with Crippen molar-refractivity contribution in [2.45, 2.75) is 39.2 Å². The normalized spacial score (nSPS) is 22.3. The van der Waals surface area contributed by atoms with Crippen LogP contribution in [-0.4, -0.2) is 36.9 Å². The summed E-state index contributed by atoms with van der Waals surface area (Å²) in [6, 6.07) is -0.412. The minimum absolute atomic E-state index is 0.196. The molecule has 1 heterocycles. The quantitative estimate of drug-likeness (QED) is 0.724. The Morgan fingerprint density at radius 3 is 2.60 bits per heavy atom. The van der Waals surface area contributed by atoms with Crippen molar-refractivity contribution >= 4 is 5.97 Å². The minimum atomic E-state index is -0.756. The Hall–Kier alpha value is -0.610. The van der Waals surface area contributed by atoms with Gasteiger partial charge < -0.3 is 15.2 Å². The van der Waals surface area contributed by atoms with Gasteiger partial charge in [0.1, 0.15) is 6.04 Å². The van der Waals surface area contributed by atoms with E-state index in [0.29, 0.717) is 6.42 Å². The van der Waals surface area contributed by atoms with E-state index in [4.69, 9.17) is 9.84 Å². The van der Waals surface area contributed by atoms with Crippen LogP contribution in [0.5, 0.6) is 0 Å². The maximum atomic E-state index is 10.8. The van der Waals surface area contributed by atoms with E-state index in [1.807, 2.05) is 6.92 Å². The number of rotatable bonds is 5. The molecular formula is C11H21NO3. The fraction of sp³-hybridized carbons (Fsp3) is 0.909. The summed E-state index contributed by atoms with van der Waals surface area (Å²) in [5.41, 5.74) is 0.196. The summed E-state index contributed by atoms with van der Waals surface area (Å²) < 4.78 is 5.30. The molecule has 0 spiro atoms. The lowest BCUT2D eigenvalue weighted by Crippen LogP contribution is -2.44. The van der Waals surface area contributed by atoms with Gasteiger partial charge in [-0.25, -0.2) is 0 Å². The molecule has 1 saturated heterocycles. The van der Waals surface area contributed by atoms with Gasteiger partial charge >= 0.3 is 5.97 Å². The molecule has 4 heteroatoms. The predicted molar refractivity (Wildman–Crippen MR) is 57.9 cm³/mol. The molecule has 1 fully saturated rings. The summed E-state index contributed by atoms with van der Waals surface area (Å²) >= 11 is 0. The molecule has 0 saturated carbocycles. The number of carboxylic acid groups (broad SMARTS) is 1. The van der Waals surface area contributed by atoms with Crippen LogP contribution >= 0.6 is 0 Å². The van der Waals surface area contributed by atoms with E-state index < -0.39 is 12.0 Å². The Bertz CT molecular complexity index is 212. The van der Waals surface area contributed by atoms with Gasteiger partial charge in [-0.3, -0.25) is 4.79 Å². The average Bonchev–Trinajstić information content (AvgIpc) is 2.19.